The van der Waals surface area contributed by atoms with Crippen molar-refractivity contribution in [3.63, 3.8) is 0 Å². The molecule has 0 aromatic heterocycles. The summed E-state index contributed by atoms with van der Waals surface area (Å²) in [6.07, 6.45) is 0. The zero-order valence-electron chi connectivity index (χ0n) is 7.51. The highest BCUT2D eigenvalue weighted by atomic mass is 32.1. The van der Waals surface area contributed by atoms with Gasteiger partial charge in [-0.15, -0.1) is 0 Å². The largest absolute Gasteiger partial charge is 0.367 e. The number of rotatable bonds is 2. The van der Waals surface area contributed by atoms with Gasteiger partial charge in [-0.05, 0) is 13.8 Å². The second-order valence-electron chi connectivity index (χ2n) is 3.20. The van der Waals surface area contributed by atoms with Gasteiger partial charge in [0.2, 0.25) is 0 Å². The summed E-state index contributed by atoms with van der Waals surface area (Å²) in [5.74, 6) is 0.488. The van der Waals surface area contributed by atoms with Gasteiger partial charge in [0.15, 0.2) is 0 Å². The molecule has 0 bridgehead atoms. The van der Waals surface area contributed by atoms with Gasteiger partial charge in [0.1, 0.15) is 0 Å². The monoisotopic (exact) mass is 159 g/mol. The molecule has 0 aliphatic carbocycles. The highest BCUT2D eigenvalue weighted by molar-refractivity contribution is 7.80. The Balaban J connectivity index is 3.95. The average molecular weight is 159 g/mol. The fraction of sp³-hybridized carbons (Fsp3) is 0.875. The number of hydrogen-bond acceptors (Lipinski definition) is 1. The van der Waals surface area contributed by atoms with Crippen LogP contribution in [-0.4, -0.2) is 23.0 Å². The van der Waals surface area contributed by atoms with Gasteiger partial charge in [-0.1, -0.05) is 26.1 Å². The first-order valence-corrected chi connectivity index (χ1v) is 4.14. The zero-order chi connectivity index (χ0) is 8.31. The Bertz CT molecular complexity index is 118. The van der Waals surface area contributed by atoms with Crippen molar-refractivity contribution in [2.75, 3.05) is 7.05 Å². The Morgan fingerprint density at radius 2 is 1.60 bits per heavy atom. The molecule has 0 aliphatic heterocycles. The third-order valence-electron chi connectivity index (χ3n) is 1.62. The van der Waals surface area contributed by atoms with E-state index in [4.69, 9.17) is 12.2 Å². The van der Waals surface area contributed by atoms with E-state index in [2.05, 4.69) is 32.6 Å². The Hall–Kier alpha value is -0.110. The summed E-state index contributed by atoms with van der Waals surface area (Å²) in [6, 6.07) is 0.523. The van der Waals surface area contributed by atoms with Crippen LogP contribution in [0.3, 0.4) is 0 Å². The van der Waals surface area contributed by atoms with E-state index in [0.29, 0.717) is 12.0 Å². The summed E-state index contributed by atoms with van der Waals surface area (Å²) in [5, 5.41) is 0. The van der Waals surface area contributed by atoms with E-state index >= 15 is 0 Å². The van der Waals surface area contributed by atoms with Crippen LogP contribution >= 0.6 is 12.2 Å². The molecule has 0 aliphatic rings. The molecular weight excluding hydrogens is 142 g/mol. The van der Waals surface area contributed by atoms with Gasteiger partial charge < -0.3 is 4.90 Å². The van der Waals surface area contributed by atoms with Gasteiger partial charge in [-0.3, -0.25) is 0 Å². The molecule has 10 heavy (non-hydrogen) atoms. The quantitative estimate of drug-likeness (QED) is 0.569. The van der Waals surface area contributed by atoms with Crippen LogP contribution in [-0.2, 0) is 0 Å². The van der Waals surface area contributed by atoms with Gasteiger partial charge in [-0.25, -0.2) is 0 Å². The Morgan fingerprint density at radius 3 is 1.70 bits per heavy atom. The van der Waals surface area contributed by atoms with Gasteiger partial charge in [-0.2, -0.15) is 0 Å². The molecule has 0 heterocycles. The van der Waals surface area contributed by atoms with Crippen LogP contribution in [0.15, 0.2) is 0 Å². The second-order valence-corrected chi connectivity index (χ2v) is 3.62. The first-order valence-electron chi connectivity index (χ1n) is 3.73. The normalized spacial score (nSPS) is 10.7. The third-order valence-corrected chi connectivity index (χ3v) is 2.38. The van der Waals surface area contributed by atoms with Crippen molar-refractivity contribution in [2.24, 2.45) is 5.92 Å². The fourth-order valence-electron chi connectivity index (χ4n) is 0.662. The number of thiocarbonyl (C=S) groups is 1. The summed E-state index contributed by atoms with van der Waals surface area (Å²) in [4.78, 5) is 3.19. The molecule has 1 nitrogen and oxygen atoms in total. The molecule has 0 spiro atoms. The van der Waals surface area contributed by atoms with E-state index < -0.39 is 0 Å². The first-order chi connectivity index (χ1) is 4.46. The van der Waals surface area contributed by atoms with E-state index in [1.165, 1.54) is 0 Å². The zero-order valence-corrected chi connectivity index (χ0v) is 8.33. The van der Waals surface area contributed by atoms with Crippen molar-refractivity contribution in [1.29, 1.82) is 0 Å². The Kier molecular flexibility index (Phi) is 3.87. The minimum atomic E-state index is 0.488. The van der Waals surface area contributed by atoms with Gasteiger partial charge in [0, 0.05) is 19.0 Å². The molecule has 0 atom stereocenters. The van der Waals surface area contributed by atoms with E-state index in [0.717, 1.165) is 4.99 Å². The summed E-state index contributed by atoms with van der Waals surface area (Å²) >= 11 is 5.20. The van der Waals surface area contributed by atoms with Crippen LogP contribution in [0.1, 0.15) is 27.7 Å². The lowest BCUT2D eigenvalue weighted by Gasteiger charge is -2.26. The molecular formula is C8H17NS. The highest BCUT2D eigenvalue weighted by Crippen LogP contribution is 2.04. The summed E-state index contributed by atoms with van der Waals surface area (Å²) in [7, 11) is 2.05. The fourth-order valence-corrected chi connectivity index (χ4v) is 0.873. The van der Waals surface area contributed by atoms with Gasteiger partial charge >= 0.3 is 0 Å². The molecule has 2 heteroatoms. The molecule has 0 amide bonds. The van der Waals surface area contributed by atoms with Crippen molar-refractivity contribution >= 4 is 17.2 Å². The van der Waals surface area contributed by atoms with E-state index in [-0.39, 0.29) is 0 Å². The van der Waals surface area contributed by atoms with Gasteiger partial charge in [0.25, 0.3) is 0 Å². The topological polar surface area (TPSA) is 3.24 Å². The smallest absolute Gasteiger partial charge is 0.0804 e. The van der Waals surface area contributed by atoms with Crippen LogP contribution in [0.5, 0.6) is 0 Å². The SMILES string of the molecule is CC(C)C(=S)N(C)C(C)C. The lowest BCUT2D eigenvalue weighted by molar-refractivity contribution is 0.407. The summed E-state index contributed by atoms with van der Waals surface area (Å²) in [5.41, 5.74) is 0. The van der Waals surface area contributed by atoms with Crippen LogP contribution in [0.4, 0.5) is 0 Å². The maximum Gasteiger partial charge on any atom is 0.0804 e. The lowest BCUT2D eigenvalue weighted by Crippen LogP contribution is -2.34. The van der Waals surface area contributed by atoms with Crippen molar-refractivity contribution in [2.45, 2.75) is 33.7 Å². The van der Waals surface area contributed by atoms with Crippen molar-refractivity contribution < 1.29 is 0 Å². The van der Waals surface area contributed by atoms with Crippen molar-refractivity contribution in [3.8, 4) is 0 Å². The minimum Gasteiger partial charge on any atom is -0.367 e. The van der Waals surface area contributed by atoms with Crippen LogP contribution in [0.25, 0.3) is 0 Å². The first kappa shape index (κ1) is 9.89. The molecule has 0 fully saturated rings. The minimum absolute atomic E-state index is 0.488. The molecule has 60 valence electrons. The van der Waals surface area contributed by atoms with E-state index in [1.807, 2.05) is 7.05 Å². The maximum absolute atomic E-state index is 5.20. The van der Waals surface area contributed by atoms with Crippen LogP contribution < -0.4 is 0 Å². The number of nitrogens with zero attached hydrogens (tertiary/aromatic N) is 1. The lowest BCUT2D eigenvalue weighted by atomic mass is 10.2. The van der Waals surface area contributed by atoms with Crippen molar-refractivity contribution in [1.82, 2.24) is 4.90 Å². The summed E-state index contributed by atoms with van der Waals surface area (Å²) < 4.78 is 0. The molecule has 0 unspecified atom stereocenters. The predicted octanol–water partition coefficient (Wildman–Crippen LogP) is 2.31. The maximum atomic E-state index is 5.20. The molecule has 0 aromatic carbocycles. The molecule has 0 N–H and O–H groups in total. The standard InChI is InChI=1S/C8H17NS/c1-6(2)8(10)9(5)7(3)4/h6-7H,1-5H3. The third kappa shape index (κ3) is 2.65. The highest BCUT2D eigenvalue weighted by Gasteiger charge is 2.10. The van der Waals surface area contributed by atoms with Crippen molar-refractivity contribution in [3.05, 3.63) is 0 Å². The Morgan fingerprint density at radius 1 is 1.20 bits per heavy atom. The molecule has 0 aromatic rings. The van der Waals surface area contributed by atoms with Crippen LogP contribution in [0, 0.1) is 5.92 Å². The van der Waals surface area contributed by atoms with E-state index in [9.17, 15) is 0 Å². The molecule has 0 rings (SSSR count). The predicted molar refractivity (Wildman–Crippen MR) is 50.3 cm³/mol. The second kappa shape index (κ2) is 3.91. The van der Waals surface area contributed by atoms with Gasteiger partial charge in [0.05, 0.1) is 4.99 Å². The number of hydrogen-bond donors (Lipinski definition) is 0. The molecule has 0 radical (unpaired) electrons. The van der Waals surface area contributed by atoms with Crippen LogP contribution in [0.2, 0.25) is 0 Å². The Labute approximate surface area is 69.4 Å². The molecule has 0 saturated carbocycles. The van der Waals surface area contributed by atoms with E-state index in [1.54, 1.807) is 0 Å². The summed E-state index contributed by atoms with van der Waals surface area (Å²) in [6.45, 7) is 8.55. The average Bonchev–Trinajstić information content (AvgIpc) is 1.84. The molecule has 0 saturated heterocycles.